The fourth-order valence-electron chi connectivity index (χ4n) is 3.98. The van der Waals surface area contributed by atoms with Crippen molar-refractivity contribution in [2.75, 3.05) is 29.9 Å². The summed E-state index contributed by atoms with van der Waals surface area (Å²) in [6.07, 6.45) is 6.10. The fraction of sp³-hybridized carbons (Fsp3) is 0.478. The van der Waals surface area contributed by atoms with Crippen LogP contribution in [0.2, 0.25) is 0 Å². The van der Waals surface area contributed by atoms with Crippen LogP contribution in [0.1, 0.15) is 56.9 Å². The average Bonchev–Trinajstić information content (AvgIpc) is 2.75. The second kappa shape index (κ2) is 9.58. The van der Waals surface area contributed by atoms with Crippen molar-refractivity contribution in [3.05, 3.63) is 48.3 Å². The van der Waals surface area contributed by atoms with E-state index >= 15 is 0 Å². The molecule has 1 aromatic carbocycles. The lowest BCUT2D eigenvalue weighted by Crippen LogP contribution is -2.43. The Bertz CT molecular complexity index is 770. The van der Waals surface area contributed by atoms with Crippen molar-refractivity contribution >= 4 is 23.0 Å². The molecule has 1 aliphatic rings. The molecule has 0 aliphatic carbocycles. The van der Waals surface area contributed by atoms with Crippen molar-refractivity contribution in [1.29, 1.82) is 0 Å². The molecule has 5 nitrogen and oxygen atoms in total. The quantitative estimate of drug-likeness (QED) is 0.728. The molecule has 1 aromatic heterocycles. The minimum absolute atomic E-state index is 0.0482. The number of piperidine rings is 1. The first-order valence-electron chi connectivity index (χ1n) is 10.5. The minimum Gasteiger partial charge on any atom is -0.372 e. The van der Waals surface area contributed by atoms with Crippen LogP contribution in [-0.4, -0.2) is 41.5 Å². The summed E-state index contributed by atoms with van der Waals surface area (Å²) in [6, 6.07) is 12.5. The minimum atomic E-state index is 0.0482. The lowest BCUT2D eigenvalue weighted by molar-refractivity contribution is 0.0602. The number of amides is 1. The number of nitrogens with zero attached hydrogens (tertiary/aromatic N) is 3. The molecule has 0 bridgehead atoms. The number of likely N-dealkylation sites (tertiary alicyclic amines) is 1. The Labute approximate surface area is 168 Å². The predicted molar refractivity (Wildman–Crippen MR) is 116 cm³/mol. The number of anilines is 3. The van der Waals surface area contributed by atoms with Gasteiger partial charge in [0.2, 0.25) is 0 Å². The molecule has 2 heterocycles. The third kappa shape index (κ3) is 4.64. The number of aromatic nitrogens is 1. The van der Waals surface area contributed by atoms with Crippen LogP contribution in [-0.2, 0) is 0 Å². The predicted octanol–water partition coefficient (Wildman–Crippen LogP) is 5.08. The molecular weight excluding hydrogens is 348 g/mol. The summed E-state index contributed by atoms with van der Waals surface area (Å²) in [6.45, 7) is 9.31. The average molecular weight is 381 g/mol. The summed E-state index contributed by atoms with van der Waals surface area (Å²) >= 11 is 0. The maximum Gasteiger partial charge on any atom is 0.272 e. The van der Waals surface area contributed by atoms with Crippen molar-refractivity contribution < 1.29 is 4.79 Å². The molecule has 1 saturated heterocycles. The van der Waals surface area contributed by atoms with E-state index in [9.17, 15) is 4.79 Å². The summed E-state index contributed by atoms with van der Waals surface area (Å²) in [7, 11) is 0. The zero-order chi connectivity index (χ0) is 19.9. The van der Waals surface area contributed by atoms with Gasteiger partial charge in [0.25, 0.3) is 5.91 Å². The Kier molecular flexibility index (Phi) is 6.90. The largest absolute Gasteiger partial charge is 0.372 e. The molecule has 3 rings (SSSR count). The van der Waals surface area contributed by atoms with Crippen molar-refractivity contribution in [3.63, 3.8) is 0 Å². The van der Waals surface area contributed by atoms with Gasteiger partial charge in [-0.1, -0.05) is 6.92 Å². The molecule has 0 spiro atoms. The van der Waals surface area contributed by atoms with Crippen LogP contribution >= 0.6 is 0 Å². The number of hydrogen-bond acceptors (Lipinski definition) is 4. The highest BCUT2D eigenvalue weighted by atomic mass is 16.2. The molecule has 1 N–H and O–H groups in total. The molecule has 1 fully saturated rings. The maximum absolute atomic E-state index is 13.0. The van der Waals surface area contributed by atoms with E-state index in [0.717, 1.165) is 50.3 Å². The third-order valence-electron chi connectivity index (χ3n) is 5.62. The molecule has 150 valence electrons. The smallest absolute Gasteiger partial charge is 0.272 e. The van der Waals surface area contributed by atoms with E-state index in [1.807, 2.05) is 17.0 Å². The lowest BCUT2D eigenvalue weighted by Gasteiger charge is -2.35. The first-order chi connectivity index (χ1) is 13.7. The second-order valence-corrected chi connectivity index (χ2v) is 7.33. The van der Waals surface area contributed by atoms with Gasteiger partial charge in [0.1, 0.15) is 5.69 Å². The van der Waals surface area contributed by atoms with E-state index in [-0.39, 0.29) is 5.91 Å². The van der Waals surface area contributed by atoms with Crippen molar-refractivity contribution in [1.82, 2.24) is 9.88 Å². The van der Waals surface area contributed by atoms with E-state index < -0.39 is 0 Å². The number of hydrogen-bond donors (Lipinski definition) is 1. The molecule has 1 unspecified atom stereocenters. The van der Waals surface area contributed by atoms with Crippen LogP contribution in [0.3, 0.4) is 0 Å². The molecule has 1 atom stereocenters. The van der Waals surface area contributed by atoms with E-state index in [4.69, 9.17) is 0 Å². The fourth-order valence-corrected chi connectivity index (χ4v) is 3.98. The summed E-state index contributed by atoms with van der Waals surface area (Å²) in [5, 5.41) is 3.40. The summed E-state index contributed by atoms with van der Waals surface area (Å²) in [5.41, 5.74) is 3.63. The SMILES string of the molecule is CCC1CCCCN1C(=O)c1cc(Nc2ccc(N(CC)CC)cc2)ccn1. The highest BCUT2D eigenvalue weighted by Gasteiger charge is 2.26. The number of rotatable bonds is 7. The van der Waals surface area contributed by atoms with Crippen molar-refractivity contribution in [2.45, 2.75) is 52.5 Å². The van der Waals surface area contributed by atoms with Crippen LogP contribution in [0, 0.1) is 0 Å². The number of carbonyl (C=O) groups is 1. The van der Waals surface area contributed by atoms with Gasteiger partial charge in [0, 0.05) is 48.9 Å². The zero-order valence-electron chi connectivity index (χ0n) is 17.3. The summed E-state index contributed by atoms with van der Waals surface area (Å²) in [5.74, 6) is 0.0482. The molecule has 1 amide bonds. The van der Waals surface area contributed by atoms with Crippen LogP contribution < -0.4 is 10.2 Å². The highest BCUT2D eigenvalue weighted by molar-refractivity contribution is 5.93. The summed E-state index contributed by atoms with van der Waals surface area (Å²) < 4.78 is 0. The van der Waals surface area contributed by atoms with E-state index in [1.54, 1.807) is 6.20 Å². The van der Waals surface area contributed by atoms with Crippen molar-refractivity contribution in [3.8, 4) is 0 Å². The van der Waals surface area contributed by atoms with Gasteiger partial charge in [0.05, 0.1) is 0 Å². The Morgan fingerprint density at radius 1 is 1.11 bits per heavy atom. The van der Waals surface area contributed by atoms with Gasteiger partial charge >= 0.3 is 0 Å². The number of carbonyl (C=O) groups excluding carboxylic acids is 1. The van der Waals surface area contributed by atoms with Gasteiger partial charge < -0.3 is 15.1 Å². The number of nitrogens with one attached hydrogen (secondary N) is 1. The summed E-state index contributed by atoms with van der Waals surface area (Å²) in [4.78, 5) is 21.7. The lowest BCUT2D eigenvalue weighted by atomic mass is 9.99. The normalized spacial score (nSPS) is 16.7. The number of pyridine rings is 1. The highest BCUT2D eigenvalue weighted by Crippen LogP contribution is 2.24. The first-order valence-corrected chi connectivity index (χ1v) is 10.5. The topological polar surface area (TPSA) is 48.5 Å². The van der Waals surface area contributed by atoms with E-state index in [0.29, 0.717) is 11.7 Å². The van der Waals surface area contributed by atoms with Gasteiger partial charge in [-0.3, -0.25) is 9.78 Å². The van der Waals surface area contributed by atoms with E-state index in [1.165, 1.54) is 12.1 Å². The molecule has 0 radical (unpaired) electrons. The molecule has 2 aromatic rings. The molecule has 0 saturated carbocycles. The molecule has 5 heteroatoms. The van der Waals surface area contributed by atoms with Gasteiger partial charge in [0.15, 0.2) is 0 Å². The standard InChI is InChI=1S/C23H32N4O/c1-4-20-9-7-8-16-27(20)23(28)22-17-19(14-15-24-22)25-18-10-12-21(13-11-18)26(5-2)6-3/h10-15,17,20H,4-9,16H2,1-3H3,(H,24,25). The molecule has 28 heavy (non-hydrogen) atoms. The van der Waals surface area contributed by atoms with E-state index in [2.05, 4.69) is 60.2 Å². The Hall–Kier alpha value is -2.56. The van der Waals surface area contributed by atoms with Gasteiger partial charge in [-0.25, -0.2) is 0 Å². The zero-order valence-corrected chi connectivity index (χ0v) is 17.3. The monoisotopic (exact) mass is 380 g/mol. The Balaban J connectivity index is 1.72. The van der Waals surface area contributed by atoms with Crippen LogP contribution in [0.4, 0.5) is 17.1 Å². The third-order valence-corrected chi connectivity index (χ3v) is 5.62. The second-order valence-electron chi connectivity index (χ2n) is 7.33. The van der Waals surface area contributed by atoms with Crippen LogP contribution in [0.5, 0.6) is 0 Å². The van der Waals surface area contributed by atoms with Gasteiger partial charge in [-0.05, 0) is 75.9 Å². The van der Waals surface area contributed by atoms with Gasteiger partial charge in [-0.15, -0.1) is 0 Å². The maximum atomic E-state index is 13.0. The van der Waals surface area contributed by atoms with Crippen LogP contribution in [0.25, 0.3) is 0 Å². The van der Waals surface area contributed by atoms with Gasteiger partial charge in [-0.2, -0.15) is 0 Å². The Morgan fingerprint density at radius 2 is 1.86 bits per heavy atom. The van der Waals surface area contributed by atoms with Crippen LogP contribution in [0.15, 0.2) is 42.6 Å². The first kappa shape index (κ1) is 20.2. The Morgan fingerprint density at radius 3 is 2.54 bits per heavy atom. The number of benzene rings is 1. The molecular formula is C23H32N4O. The van der Waals surface area contributed by atoms with Crippen molar-refractivity contribution in [2.24, 2.45) is 0 Å². The molecule has 1 aliphatic heterocycles.